The van der Waals surface area contributed by atoms with Crippen LogP contribution in [-0.4, -0.2) is 24.3 Å². The Bertz CT molecular complexity index is 827. The van der Waals surface area contributed by atoms with E-state index in [4.69, 9.17) is 34.8 Å². The topological polar surface area (TPSA) is 87.3 Å². The van der Waals surface area contributed by atoms with Crippen molar-refractivity contribution in [3.8, 4) is 0 Å². The molecule has 3 amide bonds. The summed E-state index contributed by atoms with van der Waals surface area (Å²) in [6.07, 6.45) is 0. The summed E-state index contributed by atoms with van der Waals surface area (Å²) in [5, 5.41) is 8.14. The predicted molar refractivity (Wildman–Crippen MR) is 98.2 cm³/mol. The molecule has 0 saturated heterocycles. The van der Waals surface area contributed by atoms with Crippen LogP contribution in [0.1, 0.15) is 0 Å². The van der Waals surface area contributed by atoms with Crippen LogP contribution in [0.4, 0.5) is 11.4 Å². The van der Waals surface area contributed by atoms with Crippen molar-refractivity contribution in [3.05, 3.63) is 57.5 Å². The van der Waals surface area contributed by atoms with E-state index in [9.17, 15) is 14.4 Å². The molecule has 0 fully saturated rings. The minimum absolute atomic E-state index is 0.282. The number of carbonyl (C=O) groups is 3. The first-order chi connectivity index (χ1) is 11.8. The molecule has 0 bridgehead atoms. The van der Waals surface area contributed by atoms with Gasteiger partial charge >= 0.3 is 11.8 Å². The molecular formula is C16H12Cl3N3O3. The quantitative estimate of drug-likeness (QED) is 0.688. The molecule has 130 valence electrons. The molecule has 0 spiro atoms. The fourth-order valence-corrected chi connectivity index (χ4v) is 2.26. The third kappa shape index (κ3) is 5.94. The van der Waals surface area contributed by atoms with Gasteiger partial charge in [0.1, 0.15) is 0 Å². The standard InChI is InChI=1S/C16H12Cl3N3O3/c17-9-2-1-3-10(6-9)22-16(25)15(24)20-8-14(23)21-11-4-5-12(18)13(19)7-11/h1-7H,8H2,(H,20,24)(H,21,23)(H,22,25). The molecule has 2 aromatic carbocycles. The Hall–Kier alpha value is -2.28. The normalized spacial score (nSPS) is 10.0. The zero-order valence-electron chi connectivity index (χ0n) is 12.6. The largest absolute Gasteiger partial charge is 0.339 e. The highest BCUT2D eigenvalue weighted by Gasteiger charge is 2.15. The van der Waals surface area contributed by atoms with E-state index in [2.05, 4.69) is 16.0 Å². The summed E-state index contributed by atoms with van der Waals surface area (Å²) in [5.74, 6) is -2.39. The number of benzene rings is 2. The fourth-order valence-electron chi connectivity index (χ4n) is 1.77. The van der Waals surface area contributed by atoms with E-state index < -0.39 is 17.7 Å². The molecule has 2 aromatic rings. The lowest BCUT2D eigenvalue weighted by molar-refractivity contribution is -0.136. The average molecular weight is 401 g/mol. The summed E-state index contributed by atoms with van der Waals surface area (Å²) in [5.41, 5.74) is 0.782. The molecule has 3 N–H and O–H groups in total. The Kier molecular flexibility index (Phi) is 6.64. The summed E-state index contributed by atoms with van der Waals surface area (Å²) in [6, 6.07) is 10.9. The zero-order chi connectivity index (χ0) is 18.4. The summed E-state index contributed by atoms with van der Waals surface area (Å²) in [7, 11) is 0. The van der Waals surface area contributed by atoms with Gasteiger partial charge in [0, 0.05) is 16.4 Å². The van der Waals surface area contributed by atoms with Crippen molar-refractivity contribution in [3.63, 3.8) is 0 Å². The van der Waals surface area contributed by atoms with Crippen LogP contribution >= 0.6 is 34.8 Å². The van der Waals surface area contributed by atoms with Crippen LogP contribution in [0.3, 0.4) is 0 Å². The summed E-state index contributed by atoms with van der Waals surface area (Å²) in [6.45, 7) is -0.387. The van der Waals surface area contributed by atoms with Crippen LogP contribution in [0.5, 0.6) is 0 Å². The molecule has 6 nitrogen and oxygen atoms in total. The molecule has 0 aliphatic heterocycles. The molecule has 0 aromatic heterocycles. The van der Waals surface area contributed by atoms with Gasteiger partial charge in [0.15, 0.2) is 0 Å². The molecule has 2 rings (SSSR count). The van der Waals surface area contributed by atoms with Gasteiger partial charge in [-0.1, -0.05) is 40.9 Å². The van der Waals surface area contributed by atoms with Crippen LogP contribution in [-0.2, 0) is 14.4 Å². The van der Waals surface area contributed by atoms with Crippen molar-refractivity contribution in [1.82, 2.24) is 5.32 Å². The second kappa shape index (κ2) is 8.71. The van der Waals surface area contributed by atoms with E-state index in [0.29, 0.717) is 21.4 Å². The van der Waals surface area contributed by atoms with Gasteiger partial charge in [0.05, 0.1) is 16.6 Å². The van der Waals surface area contributed by atoms with E-state index in [0.717, 1.165) is 0 Å². The Morgan fingerprint density at radius 3 is 2.20 bits per heavy atom. The molecule has 25 heavy (non-hydrogen) atoms. The van der Waals surface area contributed by atoms with Crippen LogP contribution in [0.2, 0.25) is 15.1 Å². The first-order valence-corrected chi connectivity index (χ1v) is 8.08. The van der Waals surface area contributed by atoms with Gasteiger partial charge in [0.2, 0.25) is 5.91 Å². The van der Waals surface area contributed by atoms with Crippen molar-refractivity contribution >= 4 is 63.9 Å². The van der Waals surface area contributed by atoms with Crippen LogP contribution in [0.25, 0.3) is 0 Å². The molecule has 0 aliphatic carbocycles. The lowest BCUT2D eigenvalue weighted by atomic mass is 10.3. The Balaban J connectivity index is 1.83. The highest BCUT2D eigenvalue weighted by atomic mass is 35.5. The highest BCUT2D eigenvalue weighted by molar-refractivity contribution is 6.42. The maximum atomic E-state index is 11.8. The Labute approximate surface area is 158 Å². The van der Waals surface area contributed by atoms with Crippen molar-refractivity contribution in [2.24, 2.45) is 0 Å². The Morgan fingerprint density at radius 1 is 0.800 bits per heavy atom. The first-order valence-electron chi connectivity index (χ1n) is 6.95. The van der Waals surface area contributed by atoms with E-state index in [1.165, 1.54) is 18.2 Å². The summed E-state index contributed by atoms with van der Waals surface area (Å²) < 4.78 is 0. The monoisotopic (exact) mass is 399 g/mol. The third-order valence-electron chi connectivity index (χ3n) is 2.90. The molecule has 0 heterocycles. The zero-order valence-corrected chi connectivity index (χ0v) is 14.9. The van der Waals surface area contributed by atoms with Gasteiger partial charge in [-0.3, -0.25) is 14.4 Å². The van der Waals surface area contributed by atoms with Gasteiger partial charge in [0.25, 0.3) is 0 Å². The molecule has 0 aliphatic rings. The van der Waals surface area contributed by atoms with Crippen molar-refractivity contribution in [1.29, 1.82) is 0 Å². The Morgan fingerprint density at radius 2 is 1.52 bits per heavy atom. The van der Waals surface area contributed by atoms with Gasteiger partial charge in [-0.05, 0) is 36.4 Å². The lowest BCUT2D eigenvalue weighted by Gasteiger charge is -2.08. The second-order valence-electron chi connectivity index (χ2n) is 4.82. The maximum Gasteiger partial charge on any atom is 0.313 e. The third-order valence-corrected chi connectivity index (χ3v) is 3.88. The number of halogens is 3. The minimum Gasteiger partial charge on any atom is -0.339 e. The summed E-state index contributed by atoms with van der Waals surface area (Å²) in [4.78, 5) is 35.2. The number of hydrogen-bond donors (Lipinski definition) is 3. The van der Waals surface area contributed by atoms with E-state index in [1.807, 2.05) is 0 Å². The lowest BCUT2D eigenvalue weighted by Crippen LogP contribution is -2.39. The van der Waals surface area contributed by atoms with E-state index in [-0.39, 0.29) is 11.6 Å². The molecule has 0 unspecified atom stereocenters. The van der Waals surface area contributed by atoms with Gasteiger partial charge in [-0.15, -0.1) is 0 Å². The van der Waals surface area contributed by atoms with Crippen LogP contribution in [0.15, 0.2) is 42.5 Å². The number of nitrogens with one attached hydrogen (secondary N) is 3. The van der Waals surface area contributed by atoms with Crippen molar-refractivity contribution in [2.45, 2.75) is 0 Å². The van der Waals surface area contributed by atoms with Crippen molar-refractivity contribution < 1.29 is 14.4 Å². The molecule has 0 atom stereocenters. The van der Waals surface area contributed by atoms with Gasteiger partial charge < -0.3 is 16.0 Å². The van der Waals surface area contributed by atoms with Gasteiger partial charge in [-0.2, -0.15) is 0 Å². The molecular weight excluding hydrogens is 389 g/mol. The SMILES string of the molecule is O=C(CNC(=O)C(=O)Nc1cccc(Cl)c1)Nc1ccc(Cl)c(Cl)c1. The molecule has 0 radical (unpaired) electrons. The number of hydrogen-bond acceptors (Lipinski definition) is 3. The highest BCUT2D eigenvalue weighted by Crippen LogP contribution is 2.24. The second-order valence-corrected chi connectivity index (χ2v) is 6.08. The van der Waals surface area contributed by atoms with Gasteiger partial charge in [-0.25, -0.2) is 0 Å². The maximum absolute atomic E-state index is 11.8. The predicted octanol–water partition coefficient (Wildman–Crippen LogP) is 3.34. The number of amides is 3. The number of rotatable bonds is 4. The molecule has 0 saturated carbocycles. The average Bonchev–Trinajstić information content (AvgIpc) is 2.56. The van der Waals surface area contributed by atoms with Crippen LogP contribution < -0.4 is 16.0 Å². The van der Waals surface area contributed by atoms with E-state index in [1.54, 1.807) is 24.3 Å². The minimum atomic E-state index is -0.954. The van der Waals surface area contributed by atoms with Crippen molar-refractivity contribution in [2.75, 3.05) is 17.2 Å². The van der Waals surface area contributed by atoms with E-state index >= 15 is 0 Å². The number of carbonyl (C=O) groups excluding carboxylic acids is 3. The molecule has 9 heteroatoms. The number of anilines is 2. The smallest absolute Gasteiger partial charge is 0.313 e. The fraction of sp³-hybridized carbons (Fsp3) is 0.0625. The first kappa shape index (κ1) is 19.1. The summed E-state index contributed by atoms with van der Waals surface area (Å²) >= 11 is 17.4. The van der Waals surface area contributed by atoms with Crippen LogP contribution in [0, 0.1) is 0 Å².